The van der Waals surface area contributed by atoms with Gasteiger partial charge >= 0.3 is 5.97 Å². The van der Waals surface area contributed by atoms with Crippen LogP contribution in [-0.4, -0.2) is 17.6 Å². The van der Waals surface area contributed by atoms with Crippen molar-refractivity contribution >= 4 is 12.0 Å². The molecule has 1 aromatic rings. The Kier molecular flexibility index (Phi) is 6.96. The summed E-state index contributed by atoms with van der Waals surface area (Å²) in [5.41, 5.74) is 5.71. The first-order chi connectivity index (χ1) is 12.3. The Hall–Kier alpha value is -2.16. The van der Waals surface area contributed by atoms with Crippen LogP contribution >= 0.6 is 0 Å². The van der Waals surface area contributed by atoms with Crippen molar-refractivity contribution in [1.82, 2.24) is 4.98 Å². The van der Waals surface area contributed by atoms with E-state index in [1.807, 2.05) is 13.0 Å². The molecule has 140 valence electrons. The first-order valence-corrected chi connectivity index (χ1v) is 9.53. The molecular formula is C23H31NO2. The van der Waals surface area contributed by atoms with Gasteiger partial charge in [-0.25, -0.2) is 9.78 Å². The molecule has 0 aliphatic heterocycles. The Balaban J connectivity index is 2.08. The molecule has 0 amide bonds. The van der Waals surface area contributed by atoms with Crippen molar-refractivity contribution < 1.29 is 9.53 Å². The van der Waals surface area contributed by atoms with Crippen molar-refractivity contribution in [3.8, 4) is 0 Å². The highest BCUT2D eigenvalue weighted by atomic mass is 16.5. The normalized spacial score (nSPS) is 17.7. The molecule has 0 fully saturated rings. The van der Waals surface area contributed by atoms with Gasteiger partial charge < -0.3 is 4.74 Å². The zero-order valence-corrected chi connectivity index (χ0v) is 16.8. The fourth-order valence-electron chi connectivity index (χ4n) is 3.42. The van der Waals surface area contributed by atoms with Crippen LogP contribution < -0.4 is 0 Å². The van der Waals surface area contributed by atoms with Crippen LogP contribution in [0.25, 0.3) is 6.08 Å². The highest BCUT2D eigenvalue weighted by molar-refractivity contribution is 5.87. The van der Waals surface area contributed by atoms with Gasteiger partial charge in [-0.1, -0.05) is 56.2 Å². The van der Waals surface area contributed by atoms with Crippen LogP contribution in [0.4, 0.5) is 0 Å². The first kappa shape index (κ1) is 20.2. The lowest BCUT2D eigenvalue weighted by atomic mass is 9.72. The molecule has 1 aliphatic carbocycles. The van der Waals surface area contributed by atoms with E-state index in [-0.39, 0.29) is 11.4 Å². The maximum atomic E-state index is 11.8. The van der Waals surface area contributed by atoms with Gasteiger partial charge in [0, 0.05) is 6.20 Å². The van der Waals surface area contributed by atoms with Crippen LogP contribution in [0.3, 0.4) is 0 Å². The van der Waals surface area contributed by atoms with Gasteiger partial charge in [0.05, 0.1) is 6.61 Å². The van der Waals surface area contributed by atoms with Gasteiger partial charge in [-0.15, -0.1) is 0 Å². The Labute approximate surface area is 157 Å². The summed E-state index contributed by atoms with van der Waals surface area (Å²) in [6, 6.07) is 3.62. The number of carbonyl (C=O) groups is 1. The number of hydrogen-bond donors (Lipinski definition) is 0. The van der Waals surface area contributed by atoms with Crippen molar-refractivity contribution in [2.24, 2.45) is 5.41 Å². The summed E-state index contributed by atoms with van der Waals surface area (Å²) >= 11 is 0. The SMILES string of the molecule is CCCOC(=O)c1ccc(C=C(C)C=CC2=C(C)CCCC2(C)C)cn1. The van der Waals surface area contributed by atoms with Crippen molar-refractivity contribution in [2.45, 2.75) is 60.3 Å². The highest BCUT2D eigenvalue weighted by Crippen LogP contribution is 2.40. The minimum atomic E-state index is -0.360. The van der Waals surface area contributed by atoms with E-state index in [2.05, 4.69) is 50.9 Å². The van der Waals surface area contributed by atoms with Gasteiger partial charge in [0.2, 0.25) is 0 Å². The number of carbonyl (C=O) groups excluding carboxylic acids is 1. The van der Waals surface area contributed by atoms with E-state index in [0.29, 0.717) is 12.3 Å². The second kappa shape index (κ2) is 8.98. The standard InChI is InChI=1S/C23H31NO2/c1-6-14-26-22(25)21-12-10-19(16-24-21)15-17(2)9-11-20-18(3)8-7-13-23(20,4)5/h9-12,15-16H,6-8,13-14H2,1-5H3. The summed E-state index contributed by atoms with van der Waals surface area (Å²) in [6.45, 7) is 11.4. The van der Waals surface area contributed by atoms with Crippen LogP contribution in [0.15, 0.2) is 47.2 Å². The fourth-order valence-corrected chi connectivity index (χ4v) is 3.42. The third-order valence-corrected chi connectivity index (χ3v) is 4.88. The largest absolute Gasteiger partial charge is 0.461 e. The smallest absolute Gasteiger partial charge is 0.356 e. The Bertz CT molecular complexity index is 721. The van der Waals surface area contributed by atoms with E-state index in [1.54, 1.807) is 12.3 Å². The molecule has 0 radical (unpaired) electrons. The summed E-state index contributed by atoms with van der Waals surface area (Å²) in [4.78, 5) is 16.0. The quantitative estimate of drug-likeness (QED) is 0.456. The summed E-state index contributed by atoms with van der Waals surface area (Å²) in [6.07, 6.45) is 12.8. The van der Waals surface area contributed by atoms with Gasteiger partial charge in [0.25, 0.3) is 0 Å². The number of rotatable bonds is 6. The lowest BCUT2D eigenvalue weighted by Crippen LogP contribution is -2.19. The average molecular weight is 354 g/mol. The Morgan fingerprint density at radius 3 is 2.73 bits per heavy atom. The molecule has 0 aromatic carbocycles. The van der Waals surface area contributed by atoms with E-state index in [1.165, 1.54) is 30.4 Å². The third kappa shape index (κ3) is 5.42. The number of ether oxygens (including phenoxy) is 1. The molecule has 3 nitrogen and oxygen atoms in total. The summed E-state index contributed by atoms with van der Waals surface area (Å²) < 4.78 is 5.10. The minimum absolute atomic E-state index is 0.251. The summed E-state index contributed by atoms with van der Waals surface area (Å²) in [5.74, 6) is -0.360. The molecule has 3 heteroatoms. The predicted molar refractivity (Wildman–Crippen MR) is 108 cm³/mol. The molecule has 1 heterocycles. The predicted octanol–water partition coefficient (Wildman–Crippen LogP) is 6.13. The second-order valence-corrected chi connectivity index (χ2v) is 7.77. The number of pyridine rings is 1. The van der Waals surface area contributed by atoms with E-state index in [0.717, 1.165) is 17.6 Å². The molecule has 1 aromatic heterocycles. The molecule has 26 heavy (non-hydrogen) atoms. The molecular weight excluding hydrogens is 322 g/mol. The second-order valence-electron chi connectivity index (χ2n) is 7.77. The van der Waals surface area contributed by atoms with Crippen molar-refractivity contribution in [3.05, 3.63) is 58.5 Å². The first-order valence-electron chi connectivity index (χ1n) is 9.53. The van der Waals surface area contributed by atoms with Crippen LogP contribution in [0.1, 0.15) is 76.4 Å². The fraction of sp³-hybridized carbons (Fsp3) is 0.478. The molecule has 0 N–H and O–H groups in total. The van der Waals surface area contributed by atoms with Gasteiger partial charge in [0.15, 0.2) is 0 Å². The molecule has 0 bridgehead atoms. The van der Waals surface area contributed by atoms with E-state index < -0.39 is 0 Å². The van der Waals surface area contributed by atoms with Crippen molar-refractivity contribution in [3.63, 3.8) is 0 Å². The van der Waals surface area contributed by atoms with Gasteiger partial charge in [-0.2, -0.15) is 0 Å². The number of hydrogen-bond acceptors (Lipinski definition) is 3. The molecule has 1 aliphatic rings. The van der Waals surface area contributed by atoms with Crippen molar-refractivity contribution in [2.75, 3.05) is 6.61 Å². The lowest BCUT2D eigenvalue weighted by Gasteiger charge is -2.32. The molecule has 2 rings (SSSR count). The number of nitrogens with zero attached hydrogens (tertiary/aromatic N) is 1. The van der Waals surface area contributed by atoms with E-state index >= 15 is 0 Å². The Morgan fingerprint density at radius 1 is 1.35 bits per heavy atom. The van der Waals surface area contributed by atoms with Gasteiger partial charge in [-0.05, 0) is 62.1 Å². The number of allylic oxidation sites excluding steroid dienone is 5. The van der Waals surface area contributed by atoms with Crippen molar-refractivity contribution in [1.29, 1.82) is 0 Å². The lowest BCUT2D eigenvalue weighted by molar-refractivity contribution is 0.0498. The number of esters is 1. The zero-order valence-electron chi connectivity index (χ0n) is 16.8. The minimum Gasteiger partial charge on any atom is -0.461 e. The monoisotopic (exact) mass is 353 g/mol. The van der Waals surface area contributed by atoms with Crippen LogP contribution in [0.5, 0.6) is 0 Å². The van der Waals surface area contributed by atoms with E-state index in [4.69, 9.17) is 4.74 Å². The molecule has 0 saturated heterocycles. The Morgan fingerprint density at radius 2 is 2.12 bits per heavy atom. The van der Waals surface area contributed by atoms with Gasteiger partial charge in [-0.3, -0.25) is 0 Å². The maximum Gasteiger partial charge on any atom is 0.356 e. The van der Waals surface area contributed by atoms with Crippen LogP contribution in [0, 0.1) is 5.41 Å². The zero-order chi connectivity index (χ0) is 19.2. The summed E-state index contributed by atoms with van der Waals surface area (Å²) in [7, 11) is 0. The van der Waals surface area contributed by atoms with Crippen LogP contribution in [-0.2, 0) is 4.74 Å². The maximum absolute atomic E-state index is 11.8. The van der Waals surface area contributed by atoms with Gasteiger partial charge in [0.1, 0.15) is 5.69 Å². The summed E-state index contributed by atoms with van der Waals surface area (Å²) in [5, 5.41) is 0. The third-order valence-electron chi connectivity index (χ3n) is 4.88. The molecule has 0 unspecified atom stereocenters. The molecule has 0 saturated carbocycles. The average Bonchev–Trinajstić information content (AvgIpc) is 2.59. The highest BCUT2D eigenvalue weighted by Gasteiger charge is 2.26. The topological polar surface area (TPSA) is 39.2 Å². The van der Waals surface area contributed by atoms with E-state index in [9.17, 15) is 4.79 Å². The molecule has 0 atom stereocenters. The number of aromatic nitrogens is 1. The molecule has 0 spiro atoms. The van der Waals surface area contributed by atoms with Crippen LogP contribution in [0.2, 0.25) is 0 Å².